The van der Waals surface area contributed by atoms with Crippen LogP contribution in [0.5, 0.6) is 0 Å². The average Bonchev–Trinajstić information content (AvgIpc) is 2.87. The molecule has 0 bridgehead atoms. The number of pyridine rings is 1. The summed E-state index contributed by atoms with van der Waals surface area (Å²) < 4.78 is 2.35. The third kappa shape index (κ3) is 1.47. The Labute approximate surface area is 136 Å². The molecule has 3 heteroatoms. The largest absolute Gasteiger partial charge is 0.293 e. The van der Waals surface area contributed by atoms with Crippen LogP contribution in [-0.2, 0) is 5.41 Å². The summed E-state index contributed by atoms with van der Waals surface area (Å²) in [6.45, 7) is 4.60. The van der Waals surface area contributed by atoms with Gasteiger partial charge in [-0.15, -0.1) is 0 Å². The predicted molar refractivity (Wildman–Crippen MR) is 98.9 cm³/mol. The summed E-state index contributed by atoms with van der Waals surface area (Å²) in [6.07, 6.45) is 1.90. The molecule has 0 saturated carbocycles. The third-order valence-electron chi connectivity index (χ3n) is 5.29. The topological polar surface area (TPSA) is 17.8 Å². The number of para-hydroxylation sites is 1. The summed E-state index contributed by atoms with van der Waals surface area (Å²) >= 11 is 0. The Hall–Kier alpha value is -2.55. The lowest BCUT2D eigenvalue weighted by molar-refractivity contribution is 0.624. The van der Waals surface area contributed by atoms with Gasteiger partial charge in [-0.1, -0.05) is 55.7 Å². The number of nitrogens with zero attached hydrogens (tertiary/aromatic N) is 2. The summed E-state index contributed by atoms with van der Waals surface area (Å²) in [6, 6.07) is 17.7. The molecule has 1 aliphatic rings. The highest BCUT2D eigenvalue weighted by Gasteiger charge is 2.35. The molecule has 0 amide bonds. The molecule has 2 nitrogen and oxygen atoms in total. The number of fused-ring (bicyclic) bond motifs is 5. The second kappa shape index (κ2) is 4.05. The van der Waals surface area contributed by atoms with E-state index in [0.717, 1.165) is 5.82 Å². The Balaban J connectivity index is 2.14. The molecule has 0 N–H and O–H groups in total. The third-order valence-corrected chi connectivity index (χ3v) is 5.29. The number of hydrogen-bond donors (Lipinski definition) is 0. The van der Waals surface area contributed by atoms with E-state index in [-0.39, 0.29) is 5.41 Å². The second-order valence-corrected chi connectivity index (χ2v) is 7.06. The van der Waals surface area contributed by atoms with Gasteiger partial charge in [-0.25, -0.2) is 4.98 Å². The van der Waals surface area contributed by atoms with Gasteiger partial charge in [0.2, 0.25) is 0 Å². The summed E-state index contributed by atoms with van der Waals surface area (Å²) in [5.74, 6) is 1.07. The molecular formula is C20H17BN2. The molecular weight excluding hydrogens is 279 g/mol. The van der Waals surface area contributed by atoms with Gasteiger partial charge in [-0.2, -0.15) is 0 Å². The first-order valence-corrected chi connectivity index (χ1v) is 8.09. The van der Waals surface area contributed by atoms with Crippen LogP contribution in [0.3, 0.4) is 0 Å². The fourth-order valence-corrected chi connectivity index (χ4v) is 4.11. The van der Waals surface area contributed by atoms with Crippen molar-refractivity contribution in [2.45, 2.75) is 19.3 Å². The van der Waals surface area contributed by atoms with E-state index >= 15 is 0 Å². The van der Waals surface area contributed by atoms with Gasteiger partial charge in [-0.05, 0) is 17.7 Å². The van der Waals surface area contributed by atoms with Crippen LogP contribution in [0.25, 0.3) is 27.6 Å². The molecule has 0 radical (unpaired) electrons. The summed E-state index contributed by atoms with van der Waals surface area (Å²) in [4.78, 5) is 4.75. The lowest BCUT2D eigenvalue weighted by Crippen LogP contribution is -2.27. The van der Waals surface area contributed by atoms with Gasteiger partial charge in [0.05, 0.1) is 11.0 Å². The molecule has 2 aromatic heterocycles. The van der Waals surface area contributed by atoms with E-state index in [1.165, 1.54) is 38.4 Å². The Morgan fingerprint density at radius 1 is 0.957 bits per heavy atom. The van der Waals surface area contributed by atoms with Crippen LogP contribution in [0.15, 0.2) is 54.7 Å². The van der Waals surface area contributed by atoms with E-state index in [4.69, 9.17) is 4.98 Å². The highest BCUT2D eigenvalue weighted by atomic mass is 15.1. The molecule has 2 aromatic carbocycles. The zero-order valence-electron chi connectivity index (χ0n) is 13.6. The van der Waals surface area contributed by atoms with E-state index in [1.807, 2.05) is 12.3 Å². The molecule has 0 saturated heterocycles. The van der Waals surface area contributed by atoms with Crippen molar-refractivity contribution in [2.75, 3.05) is 0 Å². The maximum atomic E-state index is 4.75. The van der Waals surface area contributed by atoms with Gasteiger partial charge >= 0.3 is 0 Å². The van der Waals surface area contributed by atoms with Crippen molar-refractivity contribution in [3.8, 4) is 5.82 Å². The molecule has 0 fully saturated rings. The Morgan fingerprint density at radius 3 is 2.65 bits per heavy atom. The molecule has 5 rings (SSSR count). The second-order valence-electron chi connectivity index (χ2n) is 7.06. The molecule has 23 heavy (non-hydrogen) atoms. The molecule has 0 atom stereocenters. The molecule has 0 aliphatic carbocycles. The zero-order valence-corrected chi connectivity index (χ0v) is 13.6. The number of benzene rings is 2. The highest BCUT2D eigenvalue weighted by molar-refractivity contribution is 6.33. The van der Waals surface area contributed by atoms with E-state index in [1.54, 1.807) is 0 Å². The minimum absolute atomic E-state index is 0.0392. The van der Waals surface area contributed by atoms with Crippen molar-refractivity contribution >= 4 is 35.1 Å². The van der Waals surface area contributed by atoms with Gasteiger partial charge < -0.3 is 0 Å². The standard InChI is InChI=1S/C20H17BN2/c1-20(2)15-6-3-5-14-13-9-8-12(21)11-17(13)23(18(14)15)19-16(20)7-4-10-22-19/h3-11H,21H2,1-2H3. The smallest absolute Gasteiger partial charge is 0.141 e. The van der Waals surface area contributed by atoms with E-state index < -0.39 is 0 Å². The normalized spacial score (nSPS) is 15.0. The zero-order chi connectivity index (χ0) is 15.8. The predicted octanol–water partition coefficient (Wildman–Crippen LogP) is 3.08. The van der Waals surface area contributed by atoms with Crippen molar-refractivity contribution < 1.29 is 0 Å². The van der Waals surface area contributed by atoms with Crippen molar-refractivity contribution in [3.05, 3.63) is 65.9 Å². The fourth-order valence-electron chi connectivity index (χ4n) is 4.11. The molecule has 1 aliphatic heterocycles. The average molecular weight is 296 g/mol. The summed E-state index contributed by atoms with van der Waals surface area (Å²) in [7, 11) is 2.15. The van der Waals surface area contributed by atoms with Crippen molar-refractivity contribution in [1.29, 1.82) is 0 Å². The molecule has 3 heterocycles. The Bertz CT molecular complexity index is 1110. The molecule has 0 unspecified atom stereocenters. The van der Waals surface area contributed by atoms with Crippen LogP contribution in [0.2, 0.25) is 0 Å². The lowest BCUT2D eigenvalue weighted by Gasteiger charge is -2.33. The first-order valence-electron chi connectivity index (χ1n) is 8.09. The van der Waals surface area contributed by atoms with E-state index in [0.29, 0.717) is 0 Å². The Kier molecular flexibility index (Phi) is 2.28. The minimum atomic E-state index is -0.0392. The number of hydrogen-bond acceptors (Lipinski definition) is 1. The van der Waals surface area contributed by atoms with Gasteiger partial charge in [0, 0.05) is 27.9 Å². The van der Waals surface area contributed by atoms with Crippen molar-refractivity contribution in [3.63, 3.8) is 0 Å². The minimum Gasteiger partial charge on any atom is -0.293 e. The summed E-state index contributed by atoms with van der Waals surface area (Å²) in [5, 5.41) is 2.63. The van der Waals surface area contributed by atoms with Crippen LogP contribution in [0, 0.1) is 0 Å². The lowest BCUT2D eigenvalue weighted by atomic mass is 9.76. The van der Waals surface area contributed by atoms with Crippen LogP contribution >= 0.6 is 0 Å². The molecule has 110 valence electrons. The molecule has 0 spiro atoms. The van der Waals surface area contributed by atoms with Gasteiger partial charge in [0.25, 0.3) is 0 Å². The summed E-state index contributed by atoms with van der Waals surface area (Å²) in [5.41, 5.74) is 6.47. The van der Waals surface area contributed by atoms with Crippen LogP contribution in [0.1, 0.15) is 25.0 Å². The maximum absolute atomic E-state index is 4.75. The van der Waals surface area contributed by atoms with Crippen molar-refractivity contribution in [1.82, 2.24) is 9.55 Å². The SMILES string of the molecule is Bc1ccc2c3cccc4c3n(c2c1)-c1ncccc1C4(C)C. The van der Waals surface area contributed by atoms with Crippen LogP contribution < -0.4 is 5.46 Å². The van der Waals surface area contributed by atoms with E-state index in [9.17, 15) is 0 Å². The van der Waals surface area contributed by atoms with E-state index in [2.05, 4.69) is 68.7 Å². The number of rotatable bonds is 0. The van der Waals surface area contributed by atoms with Gasteiger partial charge in [0.15, 0.2) is 0 Å². The monoisotopic (exact) mass is 296 g/mol. The highest BCUT2D eigenvalue weighted by Crippen LogP contribution is 2.46. The fraction of sp³-hybridized carbons (Fsp3) is 0.150. The van der Waals surface area contributed by atoms with Gasteiger partial charge in [0.1, 0.15) is 13.7 Å². The van der Waals surface area contributed by atoms with Crippen LogP contribution in [-0.4, -0.2) is 17.4 Å². The quantitative estimate of drug-likeness (QED) is 0.456. The van der Waals surface area contributed by atoms with Crippen molar-refractivity contribution in [2.24, 2.45) is 0 Å². The molecule has 4 aromatic rings. The maximum Gasteiger partial charge on any atom is 0.141 e. The first-order chi connectivity index (χ1) is 11.1. The Morgan fingerprint density at radius 2 is 1.78 bits per heavy atom. The first kappa shape index (κ1) is 12.9. The van der Waals surface area contributed by atoms with Crippen LogP contribution in [0.4, 0.5) is 0 Å². The number of aromatic nitrogens is 2. The van der Waals surface area contributed by atoms with Gasteiger partial charge in [-0.3, -0.25) is 4.57 Å².